The number of aliphatic carboxylic acids is 1. The van der Waals surface area contributed by atoms with Gasteiger partial charge < -0.3 is 26.0 Å². The molecule has 0 bridgehead atoms. The molecule has 3 amide bonds. The lowest BCUT2D eigenvalue weighted by Gasteiger charge is -2.32. The monoisotopic (exact) mass is 442 g/mol. The molecule has 4 atom stereocenters. The van der Waals surface area contributed by atoms with Gasteiger partial charge in [-0.15, -0.1) is 0 Å². The van der Waals surface area contributed by atoms with Crippen LogP contribution in [-0.4, -0.2) is 87.9 Å². The molecule has 0 spiro atoms. The number of rotatable bonds is 9. The lowest BCUT2D eigenvalue weighted by atomic mass is 10.0. The summed E-state index contributed by atoms with van der Waals surface area (Å²) in [5.74, 6) is -1.47. The molecule has 4 unspecified atom stereocenters. The van der Waals surface area contributed by atoms with E-state index in [-0.39, 0.29) is 23.6 Å². The highest BCUT2D eigenvalue weighted by atomic mass is 32.2. The summed E-state index contributed by atoms with van der Waals surface area (Å²) in [4.78, 5) is 53.1. The third kappa shape index (κ3) is 5.66. The number of likely N-dealkylation sites (tertiary alicyclic amines) is 2. The molecule has 2 fully saturated rings. The second-order valence-electron chi connectivity index (χ2n) is 8.34. The molecule has 10 heteroatoms. The molecule has 0 saturated carbocycles. The third-order valence-corrected chi connectivity index (χ3v) is 6.48. The number of amides is 3. The van der Waals surface area contributed by atoms with Crippen molar-refractivity contribution in [2.24, 2.45) is 11.7 Å². The van der Waals surface area contributed by atoms with Crippen LogP contribution in [-0.2, 0) is 19.2 Å². The molecule has 2 aliphatic rings. The molecule has 4 N–H and O–H groups in total. The summed E-state index contributed by atoms with van der Waals surface area (Å²) in [6.07, 6.45) is 4.75. The topological polar surface area (TPSA) is 133 Å². The number of nitrogens with two attached hydrogens (primary N) is 1. The van der Waals surface area contributed by atoms with Gasteiger partial charge in [0.15, 0.2) is 0 Å². The first kappa shape index (κ1) is 24.5. The van der Waals surface area contributed by atoms with Gasteiger partial charge in [-0.25, -0.2) is 4.79 Å². The number of carboxylic acid groups (broad SMARTS) is 1. The molecule has 0 aliphatic carbocycles. The molecular formula is C20H34N4O5S. The van der Waals surface area contributed by atoms with E-state index in [4.69, 9.17) is 5.73 Å². The van der Waals surface area contributed by atoms with Crippen LogP contribution in [0.15, 0.2) is 0 Å². The average Bonchev–Trinajstić information content (AvgIpc) is 3.38. The molecule has 9 nitrogen and oxygen atoms in total. The van der Waals surface area contributed by atoms with E-state index in [0.29, 0.717) is 45.2 Å². The minimum Gasteiger partial charge on any atom is -0.480 e. The second-order valence-corrected chi connectivity index (χ2v) is 9.32. The zero-order valence-corrected chi connectivity index (χ0v) is 18.8. The maximum atomic E-state index is 13.0. The summed E-state index contributed by atoms with van der Waals surface area (Å²) in [7, 11) is 0. The smallest absolute Gasteiger partial charge is 0.326 e. The largest absolute Gasteiger partial charge is 0.480 e. The Morgan fingerprint density at radius 3 is 2.17 bits per heavy atom. The van der Waals surface area contributed by atoms with E-state index in [1.165, 1.54) is 9.80 Å². The molecule has 0 radical (unpaired) electrons. The fourth-order valence-electron chi connectivity index (χ4n) is 4.11. The van der Waals surface area contributed by atoms with E-state index in [1.54, 1.807) is 11.8 Å². The third-order valence-electron chi connectivity index (χ3n) is 5.84. The summed E-state index contributed by atoms with van der Waals surface area (Å²) in [6.45, 7) is 4.46. The Morgan fingerprint density at radius 2 is 1.63 bits per heavy atom. The Labute approximate surface area is 182 Å². The Balaban J connectivity index is 2.07. The lowest BCUT2D eigenvalue weighted by molar-refractivity contribution is -0.150. The van der Waals surface area contributed by atoms with E-state index in [1.807, 2.05) is 20.1 Å². The van der Waals surface area contributed by atoms with Crippen molar-refractivity contribution in [2.75, 3.05) is 25.1 Å². The van der Waals surface area contributed by atoms with Crippen LogP contribution < -0.4 is 11.1 Å². The van der Waals surface area contributed by atoms with Gasteiger partial charge in [-0.3, -0.25) is 14.4 Å². The summed E-state index contributed by atoms with van der Waals surface area (Å²) in [6, 6.07) is -2.98. The first-order valence-electron chi connectivity index (χ1n) is 10.6. The van der Waals surface area contributed by atoms with Crippen LogP contribution in [0.2, 0.25) is 0 Å². The molecule has 2 rings (SSSR count). The number of thioether (sulfide) groups is 1. The SMILES string of the molecule is CSCCC(N)C(=O)N1CCCC1C(=O)NC(C(=O)N1CCCC1C(=O)O)C(C)C. The highest BCUT2D eigenvalue weighted by molar-refractivity contribution is 7.98. The van der Waals surface area contributed by atoms with Crippen molar-refractivity contribution < 1.29 is 24.3 Å². The molecule has 2 aliphatic heterocycles. The first-order chi connectivity index (χ1) is 14.2. The number of carbonyl (C=O) groups excluding carboxylic acids is 3. The summed E-state index contributed by atoms with van der Waals surface area (Å²) >= 11 is 1.61. The maximum Gasteiger partial charge on any atom is 0.326 e. The second kappa shape index (κ2) is 11.0. The number of carboxylic acids is 1. The van der Waals surface area contributed by atoms with Crippen molar-refractivity contribution in [3.05, 3.63) is 0 Å². The summed E-state index contributed by atoms with van der Waals surface area (Å²) in [5, 5.41) is 12.2. The maximum absolute atomic E-state index is 13.0. The standard InChI is InChI=1S/C20H34N4O5S/c1-12(2)16(19(27)24-10-5-7-15(24)20(28)29)22-17(25)14-6-4-9-23(14)18(26)13(21)8-11-30-3/h12-16H,4-11,21H2,1-3H3,(H,22,25)(H,28,29). The van der Waals surface area contributed by atoms with E-state index in [0.717, 1.165) is 5.75 Å². The highest BCUT2D eigenvalue weighted by Gasteiger charge is 2.41. The first-order valence-corrected chi connectivity index (χ1v) is 12.0. The van der Waals surface area contributed by atoms with Crippen LogP contribution in [0.5, 0.6) is 0 Å². The predicted octanol–water partition coefficient (Wildman–Crippen LogP) is 0.274. The van der Waals surface area contributed by atoms with Crippen LogP contribution in [0.4, 0.5) is 0 Å². The number of carbonyl (C=O) groups is 4. The van der Waals surface area contributed by atoms with Crippen LogP contribution in [0.1, 0.15) is 46.0 Å². The van der Waals surface area contributed by atoms with Crippen molar-refractivity contribution in [3.8, 4) is 0 Å². The van der Waals surface area contributed by atoms with E-state index in [9.17, 15) is 24.3 Å². The molecule has 0 aromatic heterocycles. The van der Waals surface area contributed by atoms with Crippen molar-refractivity contribution >= 4 is 35.5 Å². The Hall–Kier alpha value is -1.81. The minimum atomic E-state index is -1.03. The van der Waals surface area contributed by atoms with E-state index < -0.39 is 30.1 Å². The van der Waals surface area contributed by atoms with Gasteiger partial charge in [-0.1, -0.05) is 13.8 Å². The van der Waals surface area contributed by atoms with Crippen LogP contribution in [0, 0.1) is 5.92 Å². The van der Waals surface area contributed by atoms with Crippen molar-refractivity contribution in [1.29, 1.82) is 0 Å². The fourth-order valence-corrected chi connectivity index (χ4v) is 4.60. The van der Waals surface area contributed by atoms with Crippen LogP contribution in [0.25, 0.3) is 0 Å². The van der Waals surface area contributed by atoms with Crippen molar-refractivity contribution in [3.63, 3.8) is 0 Å². The van der Waals surface area contributed by atoms with Gasteiger partial charge in [0.25, 0.3) is 0 Å². The lowest BCUT2D eigenvalue weighted by Crippen LogP contribution is -2.58. The van der Waals surface area contributed by atoms with E-state index in [2.05, 4.69) is 5.32 Å². The number of hydrogen-bond donors (Lipinski definition) is 3. The summed E-state index contributed by atoms with van der Waals surface area (Å²) < 4.78 is 0. The molecule has 0 aromatic rings. The quantitative estimate of drug-likeness (QED) is 0.467. The van der Waals surface area contributed by atoms with Crippen LogP contribution in [0.3, 0.4) is 0 Å². The summed E-state index contributed by atoms with van der Waals surface area (Å²) in [5.41, 5.74) is 6.02. The van der Waals surface area contributed by atoms with Gasteiger partial charge in [0.05, 0.1) is 6.04 Å². The fraction of sp³-hybridized carbons (Fsp3) is 0.800. The van der Waals surface area contributed by atoms with Gasteiger partial charge in [0.1, 0.15) is 18.1 Å². The molecule has 170 valence electrons. The van der Waals surface area contributed by atoms with Gasteiger partial charge in [0, 0.05) is 13.1 Å². The number of nitrogens with zero attached hydrogens (tertiary/aromatic N) is 2. The molecule has 30 heavy (non-hydrogen) atoms. The van der Waals surface area contributed by atoms with Gasteiger partial charge in [0.2, 0.25) is 17.7 Å². The van der Waals surface area contributed by atoms with E-state index >= 15 is 0 Å². The highest BCUT2D eigenvalue weighted by Crippen LogP contribution is 2.22. The molecule has 2 saturated heterocycles. The van der Waals surface area contributed by atoms with Gasteiger partial charge in [-0.2, -0.15) is 11.8 Å². The zero-order chi connectivity index (χ0) is 22.4. The predicted molar refractivity (Wildman–Crippen MR) is 115 cm³/mol. The minimum absolute atomic E-state index is 0.217. The van der Waals surface area contributed by atoms with Crippen LogP contribution >= 0.6 is 11.8 Å². The van der Waals surface area contributed by atoms with Crippen molar-refractivity contribution in [2.45, 2.75) is 70.1 Å². The Bertz CT molecular complexity index is 659. The van der Waals surface area contributed by atoms with Gasteiger partial charge in [-0.05, 0) is 50.0 Å². The van der Waals surface area contributed by atoms with Gasteiger partial charge >= 0.3 is 5.97 Å². The number of nitrogens with one attached hydrogen (secondary N) is 1. The van der Waals surface area contributed by atoms with Crippen molar-refractivity contribution in [1.82, 2.24) is 15.1 Å². The average molecular weight is 443 g/mol. The normalized spacial score (nSPS) is 23.5. The molecule has 0 aromatic carbocycles. The molecular weight excluding hydrogens is 408 g/mol. The number of hydrogen-bond acceptors (Lipinski definition) is 6. The Kier molecular flexibility index (Phi) is 8.96. The Morgan fingerprint density at radius 1 is 1.07 bits per heavy atom. The zero-order valence-electron chi connectivity index (χ0n) is 18.0. The molecule has 2 heterocycles.